The van der Waals surface area contributed by atoms with Crippen molar-refractivity contribution in [2.75, 3.05) is 55.9 Å². The lowest BCUT2D eigenvalue weighted by molar-refractivity contribution is -0.453. The van der Waals surface area contributed by atoms with Crippen LogP contribution in [0.5, 0.6) is 34.5 Å². The summed E-state index contributed by atoms with van der Waals surface area (Å²) in [6, 6.07) is 5.05. The molecule has 0 bridgehead atoms. The normalized spacial score (nSPS) is 9.95. The van der Waals surface area contributed by atoms with Gasteiger partial charge in [-0.1, -0.05) is 0 Å². The van der Waals surface area contributed by atoms with Crippen molar-refractivity contribution in [3.63, 3.8) is 0 Å². The molecule has 0 saturated carbocycles. The Morgan fingerprint density at radius 3 is 1.05 bits per heavy atom. The van der Waals surface area contributed by atoms with Crippen molar-refractivity contribution in [3.05, 3.63) is 35.4 Å². The maximum absolute atomic E-state index is 12.1. The van der Waals surface area contributed by atoms with Crippen LogP contribution in [0.25, 0.3) is 0 Å². The number of benzene rings is 2. The highest BCUT2D eigenvalue weighted by Gasteiger charge is 2.21. The van der Waals surface area contributed by atoms with Gasteiger partial charge in [-0.05, 0) is 24.3 Å². The molecule has 0 amide bonds. The van der Waals surface area contributed by atoms with Crippen molar-refractivity contribution in [3.8, 4) is 34.5 Å². The van der Waals surface area contributed by atoms with Crippen LogP contribution in [0, 0.1) is 0 Å². The van der Waals surface area contributed by atoms with Gasteiger partial charge in [0.05, 0.1) is 63.9 Å². The fourth-order valence-corrected chi connectivity index (χ4v) is 2.94. The van der Waals surface area contributed by atoms with Crippen LogP contribution >= 0.6 is 0 Å². The van der Waals surface area contributed by atoms with Crippen molar-refractivity contribution < 1.29 is 86.7 Å². The number of ether oxygens (including phenoxy) is 8. The average molecular weight is 602 g/mol. The Bertz CT molecular complexity index is 1100. The molecule has 0 spiro atoms. The number of hydrogen-bond acceptors (Lipinski definition) is 18. The molecule has 0 fully saturated rings. The topological polar surface area (TPSA) is 197 Å². The summed E-state index contributed by atoms with van der Waals surface area (Å²) < 4.78 is 39.8. The Hall–Kier alpha value is -5.36. The van der Waals surface area contributed by atoms with Crippen LogP contribution in [-0.2, 0) is 39.1 Å². The third kappa shape index (κ3) is 9.10. The van der Waals surface area contributed by atoms with Gasteiger partial charge >= 0.3 is 24.2 Å². The second kappa shape index (κ2) is 16.7. The predicted octanol–water partition coefficient (Wildman–Crippen LogP) is 2.75. The lowest BCUT2D eigenvalue weighted by atomic mass is 10.2. The minimum Gasteiger partial charge on any atom is -0.493 e. The van der Waals surface area contributed by atoms with Gasteiger partial charge in [-0.3, -0.25) is 9.78 Å². The third-order valence-electron chi connectivity index (χ3n) is 4.75. The summed E-state index contributed by atoms with van der Waals surface area (Å²) >= 11 is 0. The van der Waals surface area contributed by atoms with E-state index < -0.39 is 37.5 Å². The molecular weight excluding hydrogens is 576 g/mol. The largest absolute Gasteiger partial charge is 0.543 e. The highest BCUT2D eigenvalue weighted by Crippen LogP contribution is 2.39. The van der Waals surface area contributed by atoms with Crippen molar-refractivity contribution in [1.82, 2.24) is 0 Å². The zero-order valence-corrected chi connectivity index (χ0v) is 23.1. The first-order valence-electron chi connectivity index (χ1n) is 11.3. The Kier molecular flexibility index (Phi) is 13.0. The smallest absolute Gasteiger partial charge is 0.493 e. The van der Waals surface area contributed by atoms with E-state index in [-0.39, 0.29) is 45.6 Å². The fourth-order valence-electron chi connectivity index (χ4n) is 2.94. The summed E-state index contributed by atoms with van der Waals surface area (Å²) in [6.45, 7) is -1.10. The van der Waals surface area contributed by atoms with Crippen LogP contribution in [-0.4, -0.2) is 80.1 Å². The van der Waals surface area contributed by atoms with E-state index in [4.69, 9.17) is 28.4 Å². The molecule has 0 aliphatic carbocycles. The molecule has 18 nitrogen and oxygen atoms in total. The second-order valence-electron chi connectivity index (χ2n) is 7.07. The summed E-state index contributed by atoms with van der Waals surface area (Å²) in [6.07, 6.45) is -2.92. The predicted molar refractivity (Wildman–Crippen MR) is 130 cm³/mol. The Morgan fingerprint density at radius 2 is 0.786 bits per heavy atom. The standard InChI is InChI=1S/C24H26O18/c1-29-15-9-13(10-16(30-2)19(15)33-5)21(25)37-41-39-23(27)35-7-8-36-24(28)40-42-38-22(26)14-11-17(31-3)20(34-6)18(12-14)32-4/h9-12H,7-8H2,1-6H3. The highest BCUT2D eigenvalue weighted by molar-refractivity contribution is 5.91. The molecule has 2 aromatic rings. The van der Waals surface area contributed by atoms with Gasteiger partial charge in [-0.2, -0.15) is 0 Å². The van der Waals surface area contributed by atoms with Crippen LogP contribution in [0.15, 0.2) is 24.3 Å². The summed E-state index contributed by atoms with van der Waals surface area (Å²) in [7, 11) is 8.11. The van der Waals surface area contributed by atoms with Crippen LogP contribution < -0.4 is 28.4 Å². The summed E-state index contributed by atoms with van der Waals surface area (Å²) in [5.74, 6) is -1.08. The molecule has 0 atom stereocenters. The van der Waals surface area contributed by atoms with Crippen LogP contribution in [0.1, 0.15) is 20.7 Å². The molecule has 2 rings (SSSR count). The van der Waals surface area contributed by atoms with E-state index >= 15 is 0 Å². The van der Waals surface area contributed by atoms with Gasteiger partial charge in [0.25, 0.3) is 0 Å². The Morgan fingerprint density at radius 1 is 0.476 bits per heavy atom. The maximum atomic E-state index is 12.1. The summed E-state index contributed by atoms with van der Waals surface area (Å²) in [4.78, 5) is 64.2. The maximum Gasteiger partial charge on any atom is 0.543 e. The lowest BCUT2D eigenvalue weighted by Gasteiger charge is -2.13. The molecule has 0 aliphatic heterocycles. The lowest BCUT2D eigenvalue weighted by Crippen LogP contribution is -2.17. The molecule has 0 heterocycles. The van der Waals surface area contributed by atoms with E-state index in [1.807, 2.05) is 0 Å². The van der Waals surface area contributed by atoms with Crippen molar-refractivity contribution in [2.45, 2.75) is 0 Å². The number of methoxy groups -OCH3 is 6. The number of rotatable bonds is 15. The van der Waals surface area contributed by atoms with Crippen LogP contribution in [0.3, 0.4) is 0 Å². The summed E-state index contributed by atoms with van der Waals surface area (Å²) in [5, 5.41) is 8.17. The molecule has 0 saturated heterocycles. The van der Waals surface area contributed by atoms with Gasteiger partial charge in [0.2, 0.25) is 11.5 Å². The fraction of sp³-hybridized carbons (Fsp3) is 0.333. The Labute approximate surface area is 237 Å². The quantitative estimate of drug-likeness (QED) is 0.125. The van der Waals surface area contributed by atoms with Gasteiger partial charge in [0, 0.05) is 0 Å². The zero-order valence-electron chi connectivity index (χ0n) is 23.1. The minimum absolute atomic E-state index is 0.0928. The number of carbonyl (C=O) groups excluding carboxylic acids is 4. The first-order chi connectivity index (χ1) is 20.2. The van der Waals surface area contributed by atoms with Crippen molar-refractivity contribution in [1.29, 1.82) is 0 Å². The minimum atomic E-state index is -1.46. The average Bonchev–Trinajstić information content (AvgIpc) is 3.01. The molecule has 0 aliphatic rings. The van der Waals surface area contributed by atoms with E-state index in [2.05, 4.69) is 39.1 Å². The molecule has 2 aromatic carbocycles. The zero-order chi connectivity index (χ0) is 31.1. The molecule has 0 N–H and O–H groups in total. The van der Waals surface area contributed by atoms with Crippen LogP contribution in [0.4, 0.5) is 9.59 Å². The number of hydrogen-bond donors (Lipinski definition) is 0. The molecule has 230 valence electrons. The first-order valence-corrected chi connectivity index (χ1v) is 11.3. The van der Waals surface area contributed by atoms with Crippen molar-refractivity contribution >= 4 is 24.2 Å². The Balaban J connectivity index is 1.67. The molecular formula is C24H26O18. The van der Waals surface area contributed by atoms with Gasteiger partial charge in [0.15, 0.2) is 23.0 Å². The first kappa shape index (κ1) is 32.8. The van der Waals surface area contributed by atoms with E-state index in [1.165, 1.54) is 66.9 Å². The van der Waals surface area contributed by atoms with Gasteiger partial charge in [0.1, 0.15) is 13.2 Å². The van der Waals surface area contributed by atoms with Gasteiger partial charge < -0.3 is 37.9 Å². The van der Waals surface area contributed by atoms with E-state index in [1.54, 1.807) is 0 Å². The monoisotopic (exact) mass is 602 g/mol. The SMILES string of the molecule is COc1cc(C(=O)OOOC(=O)OCCOC(=O)OOOC(=O)c2cc(OC)c(OC)c(OC)c2)cc(OC)c1OC. The molecule has 0 unspecified atom stereocenters. The van der Waals surface area contributed by atoms with Gasteiger partial charge in [-0.25, -0.2) is 29.0 Å². The highest BCUT2D eigenvalue weighted by atomic mass is 17.5. The molecule has 42 heavy (non-hydrogen) atoms. The van der Waals surface area contributed by atoms with E-state index in [0.29, 0.717) is 0 Å². The number of carbonyl (C=O) groups is 4. The molecule has 18 heteroatoms. The van der Waals surface area contributed by atoms with E-state index in [0.717, 1.165) is 0 Å². The molecule has 0 aromatic heterocycles. The van der Waals surface area contributed by atoms with Crippen molar-refractivity contribution in [2.24, 2.45) is 0 Å². The second-order valence-corrected chi connectivity index (χ2v) is 7.07. The van der Waals surface area contributed by atoms with Crippen LogP contribution in [0.2, 0.25) is 0 Å². The van der Waals surface area contributed by atoms with Gasteiger partial charge in [-0.15, -0.1) is 0 Å². The third-order valence-corrected chi connectivity index (χ3v) is 4.75. The summed E-state index contributed by atoms with van der Waals surface area (Å²) in [5.41, 5.74) is -0.186. The van der Waals surface area contributed by atoms with E-state index in [9.17, 15) is 19.2 Å². The molecule has 0 radical (unpaired) electrons.